The second kappa shape index (κ2) is 6.88. The normalized spacial score (nSPS) is 16.5. The van der Waals surface area contributed by atoms with Crippen molar-refractivity contribution in [2.24, 2.45) is 0 Å². The Hall–Kier alpha value is -2.73. The molecule has 0 saturated heterocycles. The number of hydrogen-bond donors (Lipinski definition) is 1. The van der Waals surface area contributed by atoms with E-state index in [2.05, 4.69) is 26.3 Å². The first-order valence-corrected chi connectivity index (χ1v) is 9.16. The number of halogens is 1. The number of fused-ring (bicyclic) bond motifs is 1. The van der Waals surface area contributed by atoms with Gasteiger partial charge >= 0.3 is 0 Å². The quantitative estimate of drug-likeness (QED) is 0.699. The van der Waals surface area contributed by atoms with Crippen LogP contribution in [-0.2, 0) is 11.2 Å². The fourth-order valence-electron chi connectivity index (χ4n) is 3.16. The smallest absolute Gasteiger partial charge is 0.267 e. The van der Waals surface area contributed by atoms with Gasteiger partial charge in [-0.25, -0.2) is 4.68 Å². The zero-order valence-corrected chi connectivity index (χ0v) is 15.4. The molecule has 130 valence electrons. The third-order valence-electron chi connectivity index (χ3n) is 4.53. The molecule has 1 atom stereocenters. The average Bonchev–Trinajstić information content (AvgIpc) is 2.81. The van der Waals surface area contributed by atoms with Crippen LogP contribution in [0, 0.1) is 0 Å². The highest BCUT2D eigenvalue weighted by atomic mass is 79.9. The Morgan fingerprint density at radius 3 is 2.58 bits per heavy atom. The Morgan fingerprint density at radius 1 is 1.00 bits per heavy atom. The molecule has 5 nitrogen and oxygen atoms in total. The second-order valence-electron chi connectivity index (χ2n) is 6.21. The Labute approximate surface area is 158 Å². The summed E-state index contributed by atoms with van der Waals surface area (Å²) < 4.78 is 2.27. The number of hydrogen-bond acceptors (Lipinski definition) is 3. The topological polar surface area (TPSA) is 64.0 Å². The van der Waals surface area contributed by atoms with Gasteiger partial charge in [0.25, 0.3) is 5.56 Å². The fraction of sp³-hybridized carbons (Fsp3) is 0.150. The van der Waals surface area contributed by atoms with Gasteiger partial charge in [0, 0.05) is 21.8 Å². The minimum Gasteiger partial charge on any atom is -0.324 e. The van der Waals surface area contributed by atoms with E-state index in [1.165, 1.54) is 10.7 Å². The van der Waals surface area contributed by atoms with Gasteiger partial charge < -0.3 is 5.32 Å². The van der Waals surface area contributed by atoms with Gasteiger partial charge in [-0.3, -0.25) is 9.59 Å². The molecular weight excluding hydrogens is 394 g/mol. The molecule has 0 saturated carbocycles. The lowest BCUT2D eigenvalue weighted by Gasteiger charge is -2.16. The van der Waals surface area contributed by atoms with Gasteiger partial charge in [0.05, 0.1) is 5.69 Å². The molecule has 0 fully saturated rings. The van der Waals surface area contributed by atoms with Crippen molar-refractivity contribution >= 4 is 27.5 Å². The summed E-state index contributed by atoms with van der Waals surface area (Å²) in [6, 6.07) is 17.9. The molecule has 6 heteroatoms. The van der Waals surface area contributed by atoms with E-state index in [9.17, 15) is 9.59 Å². The van der Waals surface area contributed by atoms with Gasteiger partial charge in [-0.15, -0.1) is 0 Å². The Morgan fingerprint density at radius 2 is 1.77 bits per heavy atom. The number of nitrogens with zero attached hydrogens (tertiary/aromatic N) is 2. The molecule has 1 aliphatic heterocycles. The number of nitrogens with one attached hydrogen (secondary N) is 1. The van der Waals surface area contributed by atoms with Crippen LogP contribution in [0.15, 0.2) is 69.9 Å². The Kier molecular flexibility index (Phi) is 4.42. The summed E-state index contributed by atoms with van der Waals surface area (Å²) in [6.07, 6.45) is 1.23. The van der Waals surface area contributed by atoms with Crippen LogP contribution in [0.25, 0.3) is 11.3 Å². The lowest BCUT2D eigenvalue weighted by atomic mass is 10.1. The maximum absolute atomic E-state index is 12.7. The zero-order valence-electron chi connectivity index (χ0n) is 13.9. The minimum atomic E-state index is -0.634. The summed E-state index contributed by atoms with van der Waals surface area (Å²) in [5, 5.41) is 7.40. The Bertz CT molecular complexity index is 1030. The first-order valence-electron chi connectivity index (χ1n) is 8.36. The van der Waals surface area contributed by atoms with Crippen LogP contribution >= 0.6 is 15.9 Å². The summed E-state index contributed by atoms with van der Waals surface area (Å²) >= 11 is 3.41. The molecule has 26 heavy (non-hydrogen) atoms. The maximum atomic E-state index is 12.7. The van der Waals surface area contributed by atoms with Crippen LogP contribution in [0.1, 0.15) is 18.0 Å². The fourth-order valence-corrected chi connectivity index (χ4v) is 3.42. The van der Waals surface area contributed by atoms with Crippen LogP contribution in [0.4, 0.5) is 5.69 Å². The number of benzene rings is 2. The number of amides is 1. The van der Waals surface area contributed by atoms with E-state index in [0.717, 1.165) is 21.3 Å². The molecule has 1 amide bonds. The number of para-hydroxylation sites is 1. The monoisotopic (exact) mass is 409 g/mol. The molecule has 2 heterocycles. The van der Waals surface area contributed by atoms with Crippen molar-refractivity contribution in [3.63, 3.8) is 0 Å². The molecule has 0 bridgehead atoms. The van der Waals surface area contributed by atoms with Crippen molar-refractivity contribution in [3.05, 3.63) is 81.1 Å². The summed E-state index contributed by atoms with van der Waals surface area (Å²) in [6.45, 7) is 0. The molecule has 0 aliphatic carbocycles. The third-order valence-corrected chi connectivity index (χ3v) is 5.05. The predicted octanol–water partition coefficient (Wildman–Crippen LogP) is 3.80. The van der Waals surface area contributed by atoms with Crippen LogP contribution in [0.3, 0.4) is 0 Å². The van der Waals surface area contributed by atoms with Gasteiger partial charge in [0.15, 0.2) is 0 Å². The lowest BCUT2D eigenvalue weighted by molar-refractivity contribution is -0.119. The molecule has 1 N–H and O–H groups in total. The molecule has 4 rings (SSSR count). The van der Waals surface area contributed by atoms with Gasteiger partial charge in [-0.1, -0.05) is 46.3 Å². The standard InChI is InChI=1S/C20H16BrN3O2/c21-15-8-5-14(6-9-15)17-10-12-19(25)24(23-17)18-11-7-13-3-1-2-4-16(13)22-20(18)26/h1-6,8-10,12,18H,7,11H2,(H,22,26)/t18-/m0/s1. The first-order chi connectivity index (χ1) is 12.6. The minimum absolute atomic E-state index is 0.211. The lowest BCUT2D eigenvalue weighted by Crippen LogP contribution is -2.34. The van der Waals surface area contributed by atoms with E-state index in [4.69, 9.17) is 0 Å². The van der Waals surface area contributed by atoms with Crippen molar-refractivity contribution in [1.29, 1.82) is 0 Å². The second-order valence-corrected chi connectivity index (χ2v) is 7.12. The van der Waals surface area contributed by atoms with Crippen LogP contribution in [-0.4, -0.2) is 15.7 Å². The van der Waals surface area contributed by atoms with E-state index >= 15 is 0 Å². The van der Waals surface area contributed by atoms with E-state index < -0.39 is 6.04 Å². The molecule has 1 aliphatic rings. The average molecular weight is 410 g/mol. The van der Waals surface area contributed by atoms with Crippen molar-refractivity contribution < 1.29 is 4.79 Å². The van der Waals surface area contributed by atoms with Crippen molar-refractivity contribution in [2.75, 3.05) is 5.32 Å². The van der Waals surface area contributed by atoms with E-state index in [0.29, 0.717) is 18.5 Å². The van der Waals surface area contributed by atoms with Crippen molar-refractivity contribution in [1.82, 2.24) is 9.78 Å². The molecule has 2 aromatic carbocycles. The summed E-state index contributed by atoms with van der Waals surface area (Å²) in [5.41, 5.74) is 3.14. The predicted molar refractivity (Wildman–Crippen MR) is 104 cm³/mol. The highest BCUT2D eigenvalue weighted by molar-refractivity contribution is 9.10. The number of carbonyl (C=O) groups is 1. The molecule has 0 unspecified atom stereocenters. The van der Waals surface area contributed by atoms with Crippen molar-refractivity contribution in [2.45, 2.75) is 18.9 Å². The van der Waals surface area contributed by atoms with E-state index in [1.807, 2.05) is 48.5 Å². The maximum Gasteiger partial charge on any atom is 0.267 e. The molecular formula is C20H16BrN3O2. The Balaban J connectivity index is 1.71. The van der Waals surface area contributed by atoms with Gasteiger partial charge in [-0.05, 0) is 42.7 Å². The molecule has 0 radical (unpaired) electrons. The number of aromatic nitrogens is 2. The van der Waals surface area contributed by atoms with Gasteiger partial charge in [-0.2, -0.15) is 5.10 Å². The van der Waals surface area contributed by atoms with E-state index in [-0.39, 0.29) is 11.5 Å². The molecule has 0 spiro atoms. The van der Waals surface area contributed by atoms with Crippen LogP contribution in [0.2, 0.25) is 0 Å². The van der Waals surface area contributed by atoms with Crippen LogP contribution < -0.4 is 10.9 Å². The first kappa shape index (κ1) is 16.7. The number of anilines is 1. The summed E-state index contributed by atoms with van der Waals surface area (Å²) in [5.74, 6) is -0.211. The summed E-state index contributed by atoms with van der Waals surface area (Å²) in [7, 11) is 0. The SMILES string of the molecule is O=C1Nc2ccccc2CC[C@@H]1n1nc(-c2ccc(Br)cc2)ccc1=O. The number of carbonyl (C=O) groups excluding carboxylic acids is 1. The highest BCUT2D eigenvalue weighted by Gasteiger charge is 2.26. The summed E-state index contributed by atoms with van der Waals surface area (Å²) in [4.78, 5) is 25.1. The number of aryl methyl sites for hydroxylation is 1. The highest BCUT2D eigenvalue weighted by Crippen LogP contribution is 2.26. The molecule has 3 aromatic rings. The zero-order chi connectivity index (χ0) is 18.1. The van der Waals surface area contributed by atoms with Crippen molar-refractivity contribution in [3.8, 4) is 11.3 Å². The van der Waals surface area contributed by atoms with Gasteiger partial charge in [0.1, 0.15) is 6.04 Å². The van der Waals surface area contributed by atoms with E-state index in [1.54, 1.807) is 6.07 Å². The molecule has 1 aromatic heterocycles. The van der Waals surface area contributed by atoms with Gasteiger partial charge in [0.2, 0.25) is 5.91 Å². The number of rotatable bonds is 2. The van der Waals surface area contributed by atoms with Crippen LogP contribution in [0.5, 0.6) is 0 Å². The third kappa shape index (κ3) is 3.20. The largest absolute Gasteiger partial charge is 0.324 e.